The molecule has 0 radical (unpaired) electrons. The predicted molar refractivity (Wildman–Crippen MR) is 93.7 cm³/mol. The maximum absolute atomic E-state index is 13.0. The van der Waals surface area contributed by atoms with Crippen molar-refractivity contribution in [3.8, 4) is 5.75 Å². The second-order valence-corrected chi connectivity index (χ2v) is 6.27. The zero-order valence-corrected chi connectivity index (χ0v) is 14.1. The van der Waals surface area contributed by atoms with Crippen LogP contribution in [-0.2, 0) is 19.4 Å². The Labute approximate surface area is 145 Å². The molecule has 2 aromatic rings. The first-order chi connectivity index (χ1) is 12.0. The van der Waals surface area contributed by atoms with Crippen molar-refractivity contribution in [1.82, 2.24) is 4.57 Å². The summed E-state index contributed by atoms with van der Waals surface area (Å²) in [5.41, 5.74) is 1.19. The first kappa shape index (κ1) is 17.2. The number of aromatic nitrogens is 1. The number of rotatable bonds is 4. The van der Waals surface area contributed by atoms with Crippen LogP contribution in [0.3, 0.4) is 0 Å². The van der Waals surface area contributed by atoms with Gasteiger partial charge in [-0.3, -0.25) is 9.59 Å². The topological polar surface area (TPSA) is 71.3 Å². The van der Waals surface area contributed by atoms with Crippen molar-refractivity contribution in [2.75, 3.05) is 5.32 Å². The average molecular weight is 344 g/mol. The number of amides is 1. The standard InChI is InChI=1S/C19H21FN2O3/c1-2-11-22-15-6-4-3-5-14(15)17(23)16(19(22)25)18(24)21-13-9-7-12(20)8-10-13/h7-10,23H,2-6,11H2,1H3,(H,21,24). The molecule has 0 saturated heterocycles. The minimum absolute atomic E-state index is 0.216. The zero-order chi connectivity index (χ0) is 18.0. The van der Waals surface area contributed by atoms with Gasteiger partial charge in [0.2, 0.25) is 0 Å². The monoisotopic (exact) mass is 344 g/mol. The lowest BCUT2D eigenvalue weighted by atomic mass is 9.93. The molecule has 6 heteroatoms. The molecule has 3 rings (SSSR count). The van der Waals surface area contributed by atoms with E-state index in [-0.39, 0.29) is 11.3 Å². The quantitative estimate of drug-likeness (QED) is 0.894. The third kappa shape index (κ3) is 3.29. The summed E-state index contributed by atoms with van der Waals surface area (Å²) in [7, 11) is 0. The van der Waals surface area contributed by atoms with E-state index < -0.39 is 17.3 Å². The van der Waals surface area contributed by atoms with Gasteiger partial charge in [-0.1, -0.05) is 6.92 Å². The highest BCUT2D eigenvalue weighted by Crippen LogP contribution is 2.30. The third-order valence-electron chi connectivity index (χ3n) is 4.52. The van der Waals surface area contributed by atoms with Gasteiger partial charge in [0.25, 0.3) is 11.5 Å². The van der Waals surface area contributed by atoms with Crippen LogP contribution in [0, 0.1) is 5.82 Å². The van der Waals surface area contributed by atoms with Crippen molar-refractivity contribution in [3.05, 3.63) is 57.3 Å². The van der Waals surface area contributed by atoms with Gasteiger partial charge in [-0.25, -0.2) is 4.39 Å². The van der Waals surface area contributed by atoms with E-state index in [9.17, 15) is 19.1 Å². The fourth-order valence-electron chi connectivity index (χ4n) is 3.34. The molecule has 1 aromatic heterocycles. The molecule has 0 fully saturated rings. The van der Waals surface area contributed by atoms with E-state index >= 15 is 0 Å². The number of hydrogen-bond donors (Lipinski definition) is 2. The number of benzene rings is 1. The molecule has 0 saturated carbocycles. The SMILES string of the molecule is CCCn1c2c(c(O)c(C(=O)Nc3ccc(F)cc3)c1=O)CCCC2. The van der Waals surface area contributed by atoms with Gasteiger partial charge in [-0.2, -0.15) is 0 Å². The lowest BCUT2D eigenvalue weighted by molar-refractivity contribution is 0.102. The van der Waals surface area contributed by atoms with E-state index in [0.29, 0.717) is 24.2 Å². The highest BCUT2D eigenvalue weighted by atomic mass is 19.1. The summed E-state index contributed by atoms with van der Waals surface area (Å²) >= 11 is 0. The number of carbonyl (C=O) groups excluding carboxylic acids is 1. The van der Waals surface area contributed by atoms with E-state index in [0.717, 1.165) is 31.4 Å². The van der Waals surface area contributed by atoms with Gasteiger partial charge in [0.05, 0.1) is 0 Å². The summed E-state index contributed by atoms with van der Waals surface area (Å²) in [5.74, 6) is -1.31. The van der Waals surface area contributed by atoms with E-state index in [1.54, 1.807) is 4.57 Å². The Morgan fingerprint density at radius 2 is 1.92 bits per heavy atom. The second-order valence-electron chi connectivity index (χ2n) is 6.27. The van der Waals surface area contributed by atoms with Crippen LogP contribution in [0.25, 0.3) is 0 Å². The molecule has 132 valence electrons. The molecule has 1 aromatic carbocycles. The van der Waals surface area contributed by atoms with Crippen LogP contribution in [0.4, 0.5) is 10.1 Å². The number of hydrogen-bond acceptors (Lipinski definition) is 3. The smallest absolute Gasteiger partial charge is 0.267 e. The molecule has 1 heterocycles. The lowest BCUT2D eigenvalue weighted by Gasteiger charge is -2.23. The Morgan fingerprint density at radius 1 is 1.24 bits per heavy atom. The van der Waals surface area contributed by atoms with Gasteiger partial charge in [-0.05, 0) is 56.4 Å². The number of carbonyl (C=O) groups is 1. The van der Waals surface area contributed by atoms with Crippen molar-refractivity contribution in [2.45, 2.75) is 45.6 Å². The molecular weight excluding hydrogens is 323 g/mol. The molecule has 1 amide bonds. The van der Waals surface area contributed by atoms with Crippen molar-refractivity contribution in [1.29, 1.82) is 0 Å². The molecular formula is C19H21FN2O3. The Kier molecular flexibility index (Phi) is 4.88. The Balaban J connectivity index is 2.05. The summed E-state index contributed by atoms with van der Waals surface area (Å²) < 4.78 is 14.6. The van der Waals surface area contributed by atoms with Gasteiger partial charge in [0.1, 0.15) is 17.1 Å². The minimum Gasteiger partial charge on any atom is -0.507 e. The Bertz CT molecular complexity index is 856. The zero-order valence-electron chi connectivity index (χ0n) is 14.1. The number of nitrogens with zero attached hydrogens (tertiary/aromatic N) is 1. The van der Waals surface area contributed by atoms with Crippen LogP contribution in [-0.4, -0.2) is 15.6 Å². The van der Waals surface area contributed by atoms with Crippen LogP contribution < -0.4 is 10.9 Å². The van der Waals surface area contributed by atoms with E-state index in [1.165, 1.54) is 24.3 Å². The maximum Gasteiger partial charge on any atom is 0.267 e. The molecule has 0 bridgehead atoms. The van der Waals surface area contributed by atoms with Crippen molar-refractivity contribution < 1.29 is 14.3 Å². The first-order valence-electron chi connectivity index (χ1n) is 8.57. The van der Waals surface area contributed by atoms with Crippen LogP contribution in [0.15, 0.2) is 29.1 Å². The summed E-state index contributed by atoms with van der Waals surface area (Å²) in [4.78, 5) is 25.4. The van der Waals surface area contributed by atoms with Crippen molar-refractivity contribution in [2.24, 2.45) is 0 Å². The van der Waals surface area contributed by atoms with Crippen LogP contribution in [0.2, 0.25) is 0 Å². The van der Waals surface area contributed by atoms with E-state index in [2.05, 4.69) is 5.32 Å². The van der Waals surface area contributed by atoms with Gasteiger partial charge in [0.15, 0.2) is 0 Å². The minimum atomic E-state index is -0.674. The number of pyridine rings is 1. The molecule has 1 aliphatic carbocycles. The molecule has 1 aliphatic rings. The summed E-state index contributed by atoms with van der Waals surface area (Å²) in [6, 6.07) is 5.26. The van der Waals surface area contributed by atoms with E-state index in [1.807, 2.05) is 6.92 Å². The molecule has 0 spiro atoms. The second kappa shape index (κ2) is 7.09. The van der Waals surface area contributed by atoms with Gasteiger partial charge in [0, 0.05) is 23.5 Å². The Hall–Kier alpha value is -2.63. The molecule has 25 heavy (non-hydrogen) atoms. The Morgan fingerprint density at radius 3 is 2.60 bits per heavy atom. The largest absolute Gasteiger partial charge is 0.507 e. The van der Waals surface area contributed by atoms with Crippen LogP contribution >= 0.6 is 0 Å². The van der Waals surface area contributed by atoms with E-state index in [4.69, 9.17) is 0 Å². The molecule has 2 N–H and O–H groups in total. The number of fused-ring (bicyclic) bond motifs is 1. The molecule has 0 atom stereocenters. The number of anilines is 1. The highest BCUT2D eigenvalue weighted by molar-refractivity contribution is 6.06. The van der Waals surface area contributed by atoms with Crippen LogP contribution in [0.1, 0.15) is 47.8 Å². The number of halogens is 1. The fraction of sp³-hybridized carbons (Fsp3) is 0.368. The predicted octanol–water partition coefficient (Wildman–Crippen LogP) is 3.23. The normalized spacial score (nSPS) is 13.4. The maximum atomic E-state index is 13.0. The molecule has 0 aliphatic heterocycles. The fourth-order valence-corrected chi connectivity index (χ4v) is 3.34. The number of nitrogens with one attached hydrogen (secondary N) is 1. The summed E-state index contributed by atoms with van der Waals surface area (Å²) in [6.45, 7) is 2.48. The average Bonchev–Trinajstić information content (AvgIpc) is 2.61. The third-order valence-corrected chi connectivity index (χ3v) is 4.52. The van der Waals surface area contributed by atoms with Gasteiger partial charge < -0.3 is 15.0 Å². The molecule has 5 nitrogen and oxygen atoms in total. The van der Waals surface area contributed by atoms with Crippen LogP contribution in [0.5, 0.6) is 5.75 Å². The lowest BCUT2D eigenvalue weighted by Crippen LogP contribution is -2.33. The van der Waals surface area contributed by atoms with Crippen molar-refractivity contribution >= 4 is 11.6 Å². The van der Waals surface area contributed by atoms with Gasteiger partial charge >= 0.3 is 0 Å². The first-order valence-corrected chi connectivity index (χ1v) is 8.57. The highest BCUT2D eigenvalue weighted by Gasteiger charge is 2.27. The molecule has 0 unspecified atom stereocenters. The summed E-state index contributed by atoms with van der Waals surface area (Å²) in [5, 5.41) is 13.1. The summed E-state index contributed by atoms with van der Waals surface area (Å²) in [6.07, 6.45) is 4.04. The number of aromatic hydroxyl groups is 1. The van der Waals surface area contributed by atoms with Crippen molar-refractivity contribution in [3.63, 3.8) is 0 Å². The van der Waals surface area contributed by atoms with Gasteiger partial charge in [-0.15, -0.1) is 0 Å².